The summed E-state index contributed by atoms with van der Waals surface area (Å²) in [5, 5.41) is 0. The number of nitrogens with zero attached hydrogens (tertiary/aromatic N) is 2. The third-order valence-corrected chi connectivity index (χ3v) is 8.94. The summed E-state index contributed by atoms with van der Waals surface area (Å²) in [6, 6.07) is 30.4. The fraction of sp³-hybridized carbons (Fsp3) is 0.419. The average Bonchev–Trinajstić information content (AvgIpc) is 3.32. The Morgan fingerprint density at radius 2 is 1.36 bits per heavy atom. The number of anilines is 2. The van der Waals surface area contributed by atoms with Crippen LogP contribution in [-0.4, -0.2) is 18.2 Å². The molecule has 4 atom stereocenters. The molecule has 0 aromatic heterocycles. The molecule has 1 saturated heterocycles. The summed E-state index contributed by atoms with van der Waals surface area (Å²) < 4.78 is 0. The Morgan fingerprint density at radius 1 is 0.727 bits per heavy atom. The van der Waals surface area contributed by atoms with Crippen LogP contribution in [0.25, 0.3) is 0 Å². The van der Waals surface area contributed by atoms with E-state index in [1.165, 1.54) is 60.2 Å². The average molecular weight is 437 g/mol. The summed E-state index contributed by atoms with van der Waals surface area (Å²) in [5.74, 6) is 0.706. The lowest BCUT2D eigenvalue weighted by Crippen LogP contribution is -2.47. The second-order valence-electron chi connectivity index (χ2n) is 10.7. The van der Waals surface area contributed by atoms with E-state index in [9.17, 15) is 0 Å². The van der Waals surface area contributed by atoms with Crippen molar-refractivity contribution in [2.45, 2.75) is 76.5 Å². The third kappa shape index (κ3) is 2.99. The van der Waals surface area contributed by atoms with E-state index in [1.807, 2.05) is 0 Å². The molecule has 2 aliphatic heterocycles. The number of rotatable bonds is 3. The molecule has 3 aliphatic rings. The highest BCUT2D eigenvalue weighted by Gasteiger charge is 2.60. The first kappa shape index (κ1) is 20.8. The van der Waals surface area contributed by atoms with Gasteiger partial charge >= 0.3 is 0 Å². The van der Waals surface area contributed by atoms with Gasteiger partial charge in [0.05, 0.1) is 6.04 Å². The van der Waals surface area contributed by atoms with Gasteiger partial charge in [-0.2, -0.15) is 0 Å². The van der Waals surface area contributed by atoms with Crippen LogP contribution in [0.4, 0.5) is 11.4 Å². The molecule has 6 rings (SSSR count). The number of para-hydroxylation sites is 2. The topological polar surface area (TPSA) is 6.48 Å². The summed E-state index contributed by atoms with van der Waals surface area (Å²) in [6.07, 6.45) is 7.23. The summed E-state index contributed by atoms with van der Waals surface area (Å²) in [7, 11) is 0. The SMILES string of the molecule is Cc1ccccc1N1C(C2CCCCC2)N2c3ccccc3C(C)(c3ccccc3)C2[C@@H]1C. The Morgan fingerprint density at radius 3 is 2.09 bits per heavy atom. The molecule has 0 N–H and O–H groups in total. The predicted octanol–water partition coefficient (Wildman–Crippen LogP) is 7.30. The molecule has 3 aromatic carbocycles. The molecule has 1 saturated carbocycles. The molecule has 33 heavy (non-hydrogen) atoms. The lowest BCUT2D eigenvalue weighted by atomic mass is 9.71. The third-order valence-electron chi connectivity index (χ3n) is 8.94. The second-order valence-corrected chi connectivity index (χ2v) is 10.7. The van der Waals surface area contributed by atoms with Gasteiger partial charge in [0.1, 0.15) is 6.17 Å². The Balaban J connectivity index is 1.57. The van der Waals surface area contributed by atoms with Gasteiger partial charge in [0.15, 0.2) is 0 Å². The molecule has 3 unspecified atom stereocenters. The van der Waals surface area contributed by atoms with Gasteiger partial charge in [0, 0.05) is 22.8 Å². The van der Waals surface area contributed by atoms with Gasteiger partial charge < -0.3 is 9.80 Å². The molecule has 3 aromatic rings. The Hall–Kier alpha value is -2.74. The molecule has 2 heterocycles. The molecule has 0 bridgehead atoms. The Kier molecular flexibility index (Phi) is 5.01. The summed E-state index contributed by atoms with van der Waals surface area (Å²) >= 11 is 0. The minimum Gasteiger partial charge on any atom is -0.346 e. The Labute approximate surface area is 199 Å². The smallest absolute Gasteiger partial charge is 0.105 e. The van der Waals surface area contributed by atoms with E-state index in [2.05, 4.69) is 109 Å². The minimum absolute atomic E-state index is 0.0401. The van der Waals surface area contributed by atoms with Crippen LogP contribution in [0.1, 0.15) is 62.6 Å². The van der Waals surface area contributed by atoms with Crippen LogP contribution in [0.2, 0.25) is 0 Å². The van der Waals surface area contributed by atoms with E-state index < -0.39 is 0 Å². The zero-order valence-corrected chi connectivity index (χ0v) is 20.2. The quantitative estimate of drug-likeness (QED) is 0.425. The van der Waals surface area contributed by atoms with Crippen molar-refractivity contribution in [3.8, 4) is 0 Å². The summed E-state index contributed by atoms with van der Waals surface area (Å²) in [4.78, 5) is 5.67. The van der Waals surface area contributed by atoms with Crippen molar-refractivity contribution in [1.82, 2.24) is 0 Å². The van der Waals surface area contributed by atoms with E-state index in [0.717, 1.165) is 0 Å². The molecule has 1 aliphatic carbocycles. The van der Waals surface area contributed by atoms with Crippen molar-refractivity contribution in [2.75, 3.05) is 9.80 Å². The highest BCUT2D eigenvalue weighted by atomic mass is 15.5. The number of hydrogen-bond donors (Lipinski definition) is 0. The van der Waals surface area contributed by atoms with E-state index in [-0.39, 0.29) is 5.41 Å². The summed E-state index contributed by atoms with van der Waals surface area (Å²) in [5.41, 5.74) is 7.15. The van der Waals surface area contributed by atoms with Crippen molar-refractivity contribution in [3.63, 3.8) is 0 Å². The van der Waals surface area contributed by atoms with Crippen molar-refractivity contribution in [1.29, 1.82) is 0 Å². The lowest BCUT2D eigenvalue weighted by Gasteiger charge is -2.41. The Bertz CT molecular complexity index is 1130. The molecule has 2 fully saturated rings. The minimum atomic E-state index is -0.0401. The van der Waals surface area contributed by atoms with Gasteiger partial charge in [0.2, 0.25) is 0 Å². The van der Waals surface area contributed by atoms with Crippen LogP contribution in [0.5, 0.6) is 0 Å². The zero-order valence-electron chi connectivity index (χ0n) is 20.2. The van der Waals surface area contributed by atoms with Gasteiger partial charge in [-0.15, -0.1) is 0 Å². The molecule has 2 heteroatoms. The van der Waals surface area contributed by atoms with Crippen LogP contribution in [-0.2, 0) is 5.41 Å². The molecule has 0 spiro atoms. The van der Waals surface area contributed by atoms with Gasteiger partial charge in [-0.25, -0.2) is 0 Å². The first-order chi connectivity index (χ1) is 16.1. The monoisotopic (exact) mass is 436 g/mol. The molecular weight excluding hydrogens is 400 g/mol. The van der Waals surface area contributed by atoms with Crippen LogP contribution >= 0.6 is 0 Å². The molecule has 0 radical (unpaired) electrons. The molecule has 0 amide bonds. The maximum absolute atomic E-state index is 2.86. The maximum Gasteiger partial charge on any atom is 0.105 e. The number of benzene rings is 3. The van der Waals surface area contributed by atoms with E-state index in [4.69, 9.17) is 0 Å². The van der Waals surface area contributed by atoms with Gasteiger partial charge in [-0.1, -0.05) is 86.0 Å². The largest absolute Gasteiger partial charge is 0.346 e. The van der Waals surface area contributed by atoms with E-state index >= 15 is 0 Å². The number of fused-ring (bicyclic) bond motifs is 3. The van der Waals surface area contributed by atoms with Crippen LogP contribution < -0.4 is 9.80 Å². The molecule has 2 nitrogen and oxygen atoms in total. The fourth-order valence-electron chi connectivity index (χ4n) is 7.49. The lowest BCUT2D eigenvalue weighted by molar-refractivity contribution is 0.301. The van der Waals surface area contributed by atoms with Crippen molar-refractivity contribution in [3.05, 3.63) is 95.6 Å². The zero-order chi connectivity index (χ0) is 22.6. The highest BCUT2D eigenvalue weighted by Crippen LogP contribution is 2.57. The van der Waals surface area contributed by atoms with Crippen LogP contribution in [0.15, 0.2) is 78.9 Å². The normalized spacial score (nSPS) is 29.2. The maximum atomic E-state index is 2.86. The van der Waals surface area contributed by atoms with Crippen molar-refractivity contribution in [2.24, 2.45) is 5.92 Å². The summed E-state index contributed by atoms with van der Waals surface area (Å²) in [6.45, 7) is 7.27. The number of hydrogen-bond acceptors (Lipinski definition) is 2. The van der Waals surface area contributed by atoms with E-state index in [1.54, 1.807) is 0 Å². The van der Waals surface area contributed by atoms with Crippen LogP contribution in [0, 0.1) is 12.8 Å². The van der Waals surface area contributed by atoms with Crippen molar-refractivity contribution >= 4 is 11.4 Å². The first-order valence-electron chi connectivity index (χ1n) is 12.9. The van der Waals surface area contributed by atoms with Gasteiger partial charge in [0.25, 0.3) is 0 Å². The number of aryl methyl sites for hydroxylation is 1. The molecular formula is C31H36N2. The molecule has 170 valence electrons. The first-order valence-corrected chi connectivity index (χ1v) is 12.9. The van der Waals surface area contributed by atoms with Gasteiger partial charge in [-0.05, 0) is 68.4 Å². The van der Waals surface area contributed by atoms with Crippen molar-refractivity contribution < 1.29 is 0 Å². The van der Waals surface area contributed by atoms with E-state index in [0.29, 0.717) is 24.2 Å². The fourth-order valence-corrected chi connectivity index (χ4v) is 7.49. The van der Waals surface area contributed by atoms with Gasteiger partial charge in [-0.3, -0.25) is 0 Å². The standard InChI is InChI=1S/C31H36N2/c1-22-14-10-12-20-27(22)32-23(2)29-31(3,25-17-8-5-9-18-25)26-19-11-13-21-28(26)33(29)30(32)24-15-6-4-7-16-24/h5,8-14,17-21,23-24,29-30H,4,6-7,15-16H2,1-3H3/t23-,29?,30?,31?/m0/s1. The predicted molar refractivity (Wildman–Crippen MR) is 139 cm³/mol. The highest BCUT2D eigenvalue weighted by molar-refractivity contribution is 5.74. The van der Waals surface area contributed by atoms with Crippen LogP contribution in [0.3, 0.4) is 0 Å². The second kappa shape index (κ2) is 7.94.